The molecule has 0 aliphatic heterocycles. The van der Waals surface area contributed by atoms with E-state index in [0.717, 1.165) is 23.9 Å². The molecule has 0 saturated heterocycles. The van der Waals surface area contributed by atoms with E-state index in [1.165, 1.54) is 38.5 Å². The minimum absolute atomic E-state index is 0.0881. The van der Waals surface area contributed by atoms with Gasteiger partial charge in [-0.2, -0.15) is 0 Å². The lowest BCUT2D eigenvalue weighted by Crippen LogP contribution is -2.17. The molecule has 0 aliphatic carbocycles. The van der Waals surface area contributed by atoms with Crippen molar-refractivity contribution in [3.05, 3.63) is 72.3 Å². The van der Waals surface area contributed by atoms with E-state index in [1.807, 2.05) is 0 Å². The van der Waals surface area contributed by atoms with E-state index >= 15 is 0 Å². The van der Waals surface area contributed by atoms with Crippen molar-refractivity contribution in [3.8, 4) is 11.5 Å². The highest BCUT2D eigenvalue weighted by Crippen LogP contribution is 2.29. The van der Waals surface area contributed by atoms with Gasteiger partial charge < -0.3 is 14.8 Å². The summed E-state index contributed by atoms with van der Waals surface area (Å²) in [5.41, 5.74) is 0.539. The van der Waals surface area contributed by atoms with Crippen LogP contribution in [0.3, 0.4) is 0 Å². The Morgan fingerprint density at radius 2 is 1.61 bits per heavy atom. The molecule has 0 spiro atoms. The van der Waals surface area contributed by atoms with Gasteiger partial charge in [-0.25, -0.2) is 17.2 Å². The van der Waals surface area contributed by atoms with E-state index in [-0.39, 0.29) is 22.1 Å². The third-order valence-corrected chi connectivity index (χ3v) is 6.74. The predicted molar refractivity (Wildman–Crippen MR) is 123 cm³/mol. The minimum atomic E-state index is -4.05. The lowest BCUT2D eigenvalue weighted by molar-refractivity contribution is -0.113. The summed E-state index contributed by atoms with van der Waals surface area (Å²) in [6.07, 6.45) is 0. The Morgan fingerprint density at radius 3 is 2.24 bits per heavy atom. The minimum Gasteiger partial charge on any atom is -0.497 e. The van der Waals surface area contributed by atoms with Crippen LogP contribution in [-0.2, 0) is 14.8 Å². The Balaban J connectivity index is 1.73. The molecule has 3 aromatic carbocycles. The monoisotopic (exact) mass is 494 g/mol. The molecule has 3 rings (SSSR count). The van der Waals surface area contributed by atoms with Gasteiger partial charge in [0.1, 0.15) is 16.4 Å². The summed E-state index contributed by atoms with van der Waals surface area (Å²) in [6.45, 7) is 0. The molecule has 0 aromatic heterocycles. The van der Waals surface area contributed by atoms with Crippen molar-refractivity contribution in [2.24, 2.45) is 0 Å². The van der Waals surface area contributed by atoms with Crippen LogP contribution >= 0.6 is 11.8 Å². The number of nitrogens with one attached hydrogen (secondary N) is 2. The molecule has 0 saturated carbocycles. The summed E-state index contributed by atoms with van der Waals surface area (Å²) in [4.78, 5) is 12.5. The average Bonchev–Trinajstić information content (AvgIpc) is 2.80. The molecule has 0 atom stereocenters. The van der Waals surface area contributed by atoms with Crippen LogP contribution in [0.15, 0.2) is 70.5 Å². The molecule has 0 heterocycles. The zero-order valence-corrected chi connectivity index (χ0v) is 19.2. The van der Waals surface area contributed by atoms with Gasteiger partial charge in [0, 0.05) is 16.3 Å². The van der Waals surface area contributed by atoms with Crippen molar-refractivity contribution in [1.29, 1.82) is 0 Å². The lowest BCUT2D eigenvalue weighted by atomic mass is 10.3. The maximum atomic E-state index is 13.3. The van der Waals surface area contributed by atoms with Crippen LogP contribution in [0.1, 0.15) is 0 Å². The fourth-order valence-corrected chi connectivity index (χ4v) is 4.72. The summed E-state index contributed by atoms with van der Waals surface area (Å²) >= 11 is 1.01. The van der Waals surface area contributed by atoms with Gasteiger partial charge in [-0.3, -0.25) is 9.52 Å². The van der Waals surface area contributed by atoms with Crippen molar-refractivity contribution in [3.63, 3.8) is 0 Å². The Bertz CT molecular complexity index is 1250. The number of hydrogen-bond acceptors (Lipinski definition) is 6. The summed E-state index contributed by atoms with van der Waals surface area (Å²) in [5, 5.41) is 2.59. The van der Waals surface area contributed by atoms with E-state index in [9.17, 15) is 22.0 Å². The first-order valence-corrected chi connectivity index (χ1v) is 11.9. The third kappa shape index (κ3) is 6.36. The van der Waals surface area contributed by atoms with E-state index < -0.39 is 27.6 Å². The number of carbonyl (C=O) groups is 1. The number of carbonyl (C=O) groups excluding carboxylic acids is 1. The SMILES string of the molecule is COc1ccc(NS(=O)(=O)c2cc(NC(=O)CSc3ccc(F)c(F)c3)ccc2OC)cc1. The smallest absolute Gasteiger partial charge is 0.265 e. The van der Waals surface area contributed by atoms with Crippen molar-refractivity contribution >= 4 is 39.1 Å². The fourth-order valence-electron chi connectivity index (χ4n) is 2.75. The first-order chi connectivity index (χ1) is 15.7. The van der Waals surface area contributed by atoms with Gasteiger partial charge in [-0.05, 0) is 60.7 Å². The zero-order valence-electron chi connectivity index (χ0n) is 17.6. The van der Waals surface area contributed by atoms with E-state index in [2.05, 4.69) is 10.0 Å². The van der Waals surface area contributed by atoms with Crippen LogP contribution < -0.4 is 19.5 Å². The molecule has 2 N–H and O–H groups in total. The molecule has 0 unspecified atom stereocenters. The fraction of sp³-hybridized carbons (Fsp3) is 0.136. The number of rotatable bonds is 9. The highest BCUT2D eigenvalue weighted by Gasteiger charge is 2.21. The predicted octanol–water partition coefficient (Wildman–Crippen LogP) is 4.51. The first kappa shape index (κ1) is 24.3. The van der Waals surface area contributed by atoms with Gasteiger partial charge in [0.15, 0.2) is 11.6 Å². The Hall–Kier alpha value is -3.31. The molecule has 174 valence electrons. The Kier molecular flexibility index (Phi) is 7.77. The number of amides is 1. The van der Waals surface area contributed by atoms with Crippen molar-refractivity contribution in [1.82, 2.24) is 0 Å². The zero-order chi connectivity index (χ0) is 24.0. The van der Waals surface area contributed by atoms with Gasteiger partial charge in [0.05, 0.1) is 20.0 Å². The maximum absolute atomic E-state index is 13.3. The van der Waals surface area contributed by atoms with Crippen LogP contribution in [-0.4, -0.2) is 34.3 Å². The van der Waals surface area contributed by atoms with Crippen LogP contribution in [0, 0.1) is 11.6 Å². The van der Waals surface area contributed by atoms with Gasteiger partial charge in [0.2, 0.25) is 5.91 Å². The van der Waals surface area contributed by atoms with Gasteiger partial charge in [-0.15, -0.1) is 11.8 Å². The van der Waals surface area contributed by atoms with Crippen molar-refractivity contribution in [2.45, 2.75) is 9.79 Å². The molecule has 1 amide bonds. The first-order valence-electron chi connectivity index (χ1n) is 9.44. The Labute approximate surface area is 194 Å². The third-order valence-electron chi connectivity index (χ3n) is 4.34. The van der Waals surface area contributed by atoms with Crippen LogP contribution in [0.5, 0.6) is 11.5 Å². The van der Waals surface area contributed by atoms with Gasteiger partial charge in [0.25, 0.3) is 10.0 Å². The maximum Gasteiger partial charge on any atom is 0.265 e. The highest BCUT2D eigenvalue weighted by molar-refractivity contribution is 8.00. The lowest BCUT2D eigenvalue weighted by Gasteiger charge is -2.14. The van der Waals surface area contributed by atoms with Crippen LogP contribution in [0.4, 0.5) is 20.2 Å². The second-order valence-corrected chi connectivity index (χ2v) is 9.31. The molecule has 0 aliphatic rings. The molecular formula is C22H20F2N2O5S2. The van der Waals surface area contributed by atoms with E-state index in [4.69, 9.17) is 9.47 Å². The highest BCUT2D eigenvalue weighted by atomic mass is 32.2. The van der Waals surface area contributed by atoms with Crippen LogP contribution in [0.25, 0.3) is 0 Å². The second kappa shape index (κ2) is 10.5. The van der Waals surface area contributed by atoms with Crippen molar-refractivity contribution in [2.75, 3.05) is 30.0 Å². The topological polar surface area (TPSA) is 93.7 Å². The number of thioether (sulfide) groups is 1. The number of anilines is 2. The van der Waals surface area contributed by atoms with Gasteiger partial charge in [-0.1, -0.05) is 0 Å². The number of halogens is 2. The molecular weight excluding hydrogens is 474 g/mol. The number of methoxy groups -OCH3 is 2. The standard InChI is InChI=1S/C22H20F2N2O5S2/c1-30-16-6-3-14(4-7-16)26-33(28,29)21-11-15(5-10-20(21)31-2)25-22(27)13-32-17-8-9-18(23)19(24)12-17/h3-12,26H,13H2,1-2H3,(H,25,27). The van der Waals surface area contributed by atoms with Gasteiger partial charge >= 0.3 is 0 Å². The molecule has 0 radical (unpaired) electrons. The summed E-state index contributed by atoms with van der Waals surface area (Å²) in [7, 11) is -1.22. The number of ether oxygens (including phenoxy) is 2. The summed E-state index contributed by atoms with van der Waals surface area (Å²) < 4.78 is 64.9. The largest absolute Gasteiger partial charge is 0.497 e. The molecule has 11 heteroatoms. The van der Waals surface area contributed by atoms with Crippen molar-refractivity contribution < 1.29 is 31.5 Å². The number of sulfonamides is 1. The number of hydrogen-bond donors (Lipinski definition) is 2. The van der Waals surface area contributed by atoms with E-state index in [0.29, 0.717) is 16.3 Å². The molecule has 0 bridgehead atoms. The number of benzene rings is 3. The molecule has 33 heavy (non-hydrogen) atoms. The molecule has 7 nitrogen and oxygen atoms in total. The molecule has 0 fully saturated rings. The summed E-state index contributed by atoms with van der Waals surface area (Å²) in [5.74, 6) is -1.87. The molecule has 3 aromatic rings. The normalized spacial score (nSPS) is 11.0. The van der Waals surface area contributed by atoms with Crippen LogP contribution in [0.2, 0.25) is 0 Å². The van der Waals surface area contributed by atoms with E-state index in [1.54, 1.807) is 24.3 Å². The average molecular weight is 495 g/mol. The Morgan fingerprint density at radius 1 is 0.909 bits per heavy atom. The summed E-state index contributed by atoms with van der Waals surface area (Å²) in [6, 6.07) is 13.8. The quantitative estimate of drug-likeness (QED) is 0.425. The second-order valence-electron chi connectivity index (χ2n) is 6.61.